The molecule has 11 nitrogen and oxygen atoms in total. The number of rotatable bonds is 4. The molecule has 0 aliphatic heterocycles. The molecule has 0 saturated heterocycles. The summed E-state index contributed by atoms with van der Waals surface area (Å²) in [5.74, 6) is -6.70. The van der Waals surface area contributed by atoms with Crippen LogP contribution in [-0.2, 0) is 22.6 Å². The molecule has 4 rings (SSSR count). The van der Waals surface area contributed by atoms with Gasteiger partial charge in [-0.3, -0.25) is 24.3 Å². The number of allylic oxidation sites excluding steroid dienone is 1. The number of hydrogen-bond acceptors (Lipinski definition) is 10. The van der Waals surface area contributed by atoms with Gasteiger partial charge in [-0.1, -0.05) is 0 Å². The molecule has 0 bridgehead atoms. The number of carbonyl (C=O) groups excluding carboxylic acids is 3. The van der Waals surface area contributed by atoms with E-state index in [-0.39, 0.29) is 42.0 Å². The largest absolute Gasteiger partial charge is 0.510 e. The number of likely N-dealkylation sites (N-methyl/N-ethyl adjacent to an activating group) is 1. The van der Waals surface area contributed by atoms with Gasteiger partial charge in [-0.2, -0.15) is 0 Å². The number of fused-ring (bicyclic) bond motifs is 3. The lowest BCUT2D eigenvalue weighted by molar-refractivity contribution is -0.148. The number of aromatic nitrogens is 1. The molecule has 3 aliphatic carbocycles. The Kier molecular flexibility index (Phi) is 5.31. The number of ketones is 2. The minimum Gasteiger partial charge on any atom is -0.510 e. The Bertz CT molecular complexity index is 1160. The molecule has 0 saturated carbocycles. The molecule has 1 heterocycles. The second-order valence-electron chi connectivity index (χ2n) is 8.95. The molecular weight excluding hydrogens is 432 g/mol. The Morgan fingerprint density at radius 3 is 2.55 bits per heavy atom. The maximum atomic E-state index is 13.4. The normalized spacial score (nSPS) is 29.2. The molecule has 0 unspecified atom stereocenters. The van der Waals surface area contributed by atoms with E-state index >= 15 is 0 Å². The maximum absolute atomic E-state index is 13.4. The van der Waals surface area contributed by atoms with Crippen LogP contribution in [0, 0.1) is 11.8 Å². The van der Waals surface area contributed by atoms with Crippen molar-refractivity contribution in [2.75, 3.05) is 21.1 Å². The van der Waals surface area contributed by atoms with Crippen LogP contribution in [-0.4, -0.2) is 80.6 Å². The van der Waals surface area contributed by atoms with Gasteiger partial charge in [0.05, 0.1) is 17.3 Å². The van der Waals surface area contributed by atoms with E-state index in [0.29, 0.717) is 5.56 Å². The molecule has 1 aromatic rings. The number of Topliss-reactive ketones (excluding diaryl/α,β-unsaturated/α-hetero) is 2. The summed E-state index contributed by atoms with van der Waals surface area (Å²) in [6, 6.07) is -1.01. The Balaban J connectivity index is 1.93. The second kappa shape index (κ2) is 7.65. The Hall–Kier alpha value is -3.28. The van der Waals surface area contributed by atoms with Crippen LogP contribution in [0.2, 0.25) is 0 Å². The summed E-state index contributed by atoms with van der Waals surface area (Å²) in [5.41, 5.74) is 2.32. The predicted octanol–water partition coefficient (Wildman–Crippen LogP) is -0.765. The highest BCUT2D eigenvalue weighted by Gasteiger charge is 2.63. The first-order valence-corrected chi connectivity index (χ1v) is 10.5. The maximum Gasteiger partial charge on any atom is 0.255 e. The van der Waals surface area contributed by atoms with Crippen molar-refractivity contribution in [3.05, 3.63) is 45.7 Å². The van der Waals surface area contributed by atoms with Crippen molar-refractivity contribution in [3.63, 3.8) is 0 Å². The number of amides is 1. The summed E-state index contributed by atoms with van der Waals surface area (Å²) in [6.07, 6.45) is 1.76. The SMILES string of the molecule is CNCc1ncc2c(c1O)C(=O)C1=C(O)[C@]3(O)C(=O)C(C(N)=O)=C(O)[C@@H](N(C)C)[C@@H]3C[C@@H]1C2. The zero-order valence-electron chi connectivity index (χ0n) is 18.4. The van der Waals surface area contributed by atoms with Crippen LogP contribution in [0.4, 0.5) is 0 Å². The minimum absolute atomic E-state index is 0.0453. The Labute approximate surface area is 189 Å². The first kappa shape index (κ1) is 22.9. The molecule has 33 heavy (non-hydrogen) atoms. The summed E-state index contributed by atoms with van der Waals surface area (Å²) in [7, 11) is 4.82. The van der Waals surface area contributed by atoms with E-state index in [2.05, 4.69) is 10.3 Å². The van der Waals surface area contributed by atoms with Gasteiger partial charge in [0.25, 0.3) is 5.91 Å². The zero-order valence-corrected chi connectivity index (χ0v) is 18.4. The lowest BCUT2D eigenvalue weighted by Crippen LogP contribution is -2.63. The molecule has 1 amide bonds. The number of primary amides is 1. The number of carbonyl (C=O) groups is 3. The fourth-order valence-corrected chi connectivity index (χ4v) is 5.45. The summed E-state index contributed by atoms with van der Waals surface area (Å²) in [5, 5.41) is 46.9. The standard InChI is InChI=1S/C22H26N4O7/c1-24-7-11-16(27)12-9(6-25-11)4-8-5-10-15(26(2)3)18(29)14(21(23)32)20(31)22(10,33)19(30)13(8)17(12)28/h6,8,10,15,24,27,29-30,33H,4-5,7H2,1-3H3,(H2,23,32)/t8-,10-,15-,22-/m0/s1. The molecule has 0 fully saturated rings. The summed E-state index contributed by atoms with van der Waals surface area (Å²) >= 11 is 0. The monoisotopic (exact) mass is 458 g/mol. The number of nitrogens with two attached hydrogens (primary N) is 1. The lowest BCUT2D eigenvalue weighted by atomic mass is 9.58. The Morgan fingerprint density at radius 1 is 1.30 bits per heavy atom. The van der Waals surface area contributed by atoms with Crippen molar-refractivity contribution in [1.82, 2.24) is 15.2 Å². The van der Waals surface area contributed by atoms with Crippen molar-refractivity contribution in [3.8, 4) is 5.75 Å². The smallest absolute Gasteiger partial charge is 0.255 e. The summed E-state index contributed by atoms with van der Waals surface area (Å²) < 4.78 is 0. The predicted molar refractivity (Wildman–Crippen MR) is 114 cm³/mol. The highest BCUT2D eigenvalue weighted by atomic mass is 16.3. The second-order valence-corrected chi connectivity index (χ2v) is 8.95. The van der Waals surface area contributed by atoms with Crippen LogP contribution in [0.1, 0.15) is 28.0 Å². The van der Waals surface area contributed by atoms with Crippen LogP contribution in [0.25, 0.3) is 0 Å². The van der Waals surface area contributed by atoms with Gasteiger partial charge in [0, 0.05) is 24.2 Å². The van der Waals surface area contributed by atoms with Gasteiger partial charge in [0.1, 0.15) is 22.8 Å². The molecule has 0 aromatic carbocycles. The van der Waals surface area contributed by atoms with Crippen molar-refractivity contribution in [2.45, 2.75) is 31.0 Å². The van der Waals surface area contributed by atoms with Crippen molar-refractivity contribution < 1.29 is 34.8 Å². The van der Waals surface area contributed by atoms with Crippen molar-refractivity contribution in [1.29, 1.82) is 0 Å². The highest BCUT2D eigenvalue weighted by molar-refractivity contribution is 6.24. The average Bonchev–Trinajstić information content (AvgIpc) is 2.72. The number of aromatic hydroxyl groups is 1. The number of aliphatic hydroxyl groups is 3. The van der Waals surface area contributed by atoms with E-state index in [1.807, 2.05) is 0 Å². The van der Waals surface area contributed by atoms with E-state index in [9.17, 15) is 34.8 Å². The molecule has 11 heteroatoms. The van der Waals surface area contributed by atoms with E-state index in [4.69, 9.17) is 5.73 Å². The van der Waals surface area contributed by atoms with Crippen LogP contribution in [0.15, 0.2) is 28.9 Å². The number of aliphatic hydroxyl groups excluding tert-OH is 2. The van der Waals surface area contributed by atoms with Crippen LogP contribution in [0.3, 0.4) is 0 Å². The fraction of sp³-hybridized carbons (Fsp3) is 0.455. The molecule has 7 N–H and O–H groups in total. The summed E-state index contributed by atoms with van der Waals surface area (Å²) in [4.78, 5) is 44.3. The Morgan fingerprint density at radius 2 is 1.97 bits per heavy atom. The molecule has 1 aromatic heterocycles. The average molecular weight is 458 g/mol. The fourth-order valence-electron chi connectivity index (χ4n) is 5.45. The third-order valence-corrected chi connectivity index (χ3v) is 6.88. The van der Waals surface area contributed by atoms with Gasteiger partial charge >= 0.3 is 0 Å². The van der Waals surface area contributed by atoms with Gasteiger partial charge in [-0.05, 0) is 45.5 Å². The molecule has 4 atom stereocenters. The number of nitrogens with one attached hydrogen (secondary N) is 1. The van der Waals surface area contributed by atoms with Gasteiger partial charge in [0.2, 0.25) is 5.78 Å². The molecule has 3 aliphatic rings. The van der Waals surface area contributed by atoms with E-state index in [1.165, 1.54) is 11.1 Å². The molecule has 0 radical (unpaired) electrons. The minimum atomic E-state index is -2.64. The molecule has 0 spiro atoms. The summed E-state index contributed by atoms with van der Waals surface area (Å²) in [6.45, 7) is 0.196. The third kappa shape index (κ3) is 3.00. The van der Waals surface area contributed by atoms with Gasteiger partial charge in [-0.15, -0.1) is 0 Å². The van der Waals surface area contributed by atoms with Gasteiger partial charge in [-0.25, -0.2) is 0 Å². The lowest BCUT2D eigenvalue weighted by Gasteiger charge is -2.50. The number of nitrogens with zero attached hydrogens (tertiary/aromatic N) is 2. The quantitative estimate of drug-likeness (QED) is 0.313. The van der Waals surface area contributed by atoms with E-state index in [0.717, 1.165) is 0 Å². The first-order chi connectivity index (χ1) is 15.5. The zero-order chi connectivity index (χ0) is 24.4. The van der Waals surface area contributed by atoms with Crippen LogP contribution < -0.4 is 11.1 Å². The first-order valence-electron chi connectivity index (χ1n) is 10.5. The van der Waals surface area contributed by atoms with Crippen LogP contribution >= 0.6 is 0 Å². The number of pyridine rings is 1. The van der Waals surface area contributed by atoms with Crippen LogP contribution in [0.5, 0.6) is 5.75 Å². The highest BCUT2D eigenvalue weighted by Crippen LogP contribution is 2.52. The third-order valence-electron chi connectivity index (χ3n) is 6.88. The van der Waals surface area contributed by atoms with Gasteiger partial charge in [0.15, 0.2) is 11.4 Å². The topological polar surface area (TPSA) is 186 Å². The van der Waals surface area contributed by atoms with E-state index in [1.54, 1.807) is 21.1 Å². The van der Waals surface area contributed by atoms with Crippen molar-refractivity contribution in [2.24, 2.45) is 17.6 Å². The molecular formula is C22H26N4O7. The van der Waals surface area contributed by atoms with Crippen molar-refractivity contribution >= 4 is 17.5 Å². The van der Waals surface area contributed by atoms with E-state index < -0.39 is 58.0 Å². The number of hydrogen-bond donors (Lipinski definition) is 6. The van der Waals surface area contributed by atoms with Gasteiger partial charge < -0.3 is 31.5 Å². The molecule has 176 valence electrons.